The molecule has 0 amide bonds. The average Bonchev–Trinajstić information content (AvgIpc) is 1.45. The second kappa shape index (κ2) is 37.8. The molecule has 0 unspecified atom stereocenters. The Labute approximate surface area is 832 Å². The standard InChI is InChI=1S/3C43H27N3Se/c1-4-13-28(14-5-1)34-20-11-22-36-37-23-12-21-35(40(37)47-39(34)36)32-25-26-33-31(27-32)19-10-24-38(33)43-45-41(29-15-6-2-7-16-29)44-42(46-43)30-17-8-3-9-18-30;1-4-12-28(13-5-1)35-18-10-20-37-38-21-11-19-36(40(38)47-39(35)37)33-24-22-32-27-34(25-23-31(32)26-33)43-45-41(29-14-6-2-7-15-29)44-42(46-43)30-16-8-3-9-17-30;1-4-14-28(15-5-1)34-22-12-24-36-37-25-13-23-35(40(37)47-39(34)36)32-26-31-20-10-11-21-33(31)38(27-32)43-45-41(29-16-6-2-7-17-29)44-42(46-43)30-18-8-3-9-19-30/h3*1-27H. The molecule has 0 N–H and O–H groups in total. The van der Waals surface area contributed by atoms with E-state index in [1.807, 2.05) is 158 Å². The van der Waals surface area contributed by atoms with Crippen molar-refractivity contribution in [3.8, 4) is 169 Å². The molecule has 0 aliphatic rings. The van der Waals surface area contributed by atoms with E-state index < -0.39 is 0 Å². The van der Waals surface area contributed by atoms with Gasteiger partial charge in [-0.25, -0.2) is 0 Å². The molecule has 21 aromatic carbocycles. The fraction of sp³-hybridized carbons (Fsp3) is 0. The molecule has 0 saturated carbocycles. The summed E-state index contributed by atoms with van der Waals surface area (Å²) in [7, 11) is 0. The van der Waals surface area contributed by atoms with Gasteiger partial charge in [-0.05, 0) is 0 Å². The van der Waals surface area contributed by atoms with Crippen molar-refractivity contribution >= 4 is 134 Å². The van der Waals surface area contributed by atoms with Crippen molar-refractivity contribution in [1.29, 1.82) is 0 Å². The van der Waals surface area contributed by atoms with Gasteiger partial charge >= 0.3 is 742 Å². The number of nitrogens with zero attached hydrogens (tertiary/aromatic N) is 9. The summed E-state index contributed by atoms with van der Waals surface area (Å²) in [4.78, 5) is 44.8. The number of benzene rings is 21. The van der Waals surface area contributed by atoms with Gasteiger partial charge in [0.15, 0.2) is 0 Å². The van der Waals surface area contributed by atoms with Gasteiger partial charge in [-0.2, -0.15) is 0 Å². The van der Waals surface area contributed by atoms with Crippen molar-refractivity contribution in [2.24, 2.45) is 0 Å². The molecule has 27 rings (SSSR count). The van der Waals surface area contributed by atoms with Crippen molar-refractivity contribution in [1.82, 2.24) is 44.9 Å². The van der Waals surface area contributed by atoms with Crippen LogP contribution < -0.4 is 0 Å². The first-order chi connectivity index (χ1) is 69.9. The molecule has 0 spiro atoms. The maximum atomic E-state index is 5.12. The van der Waals surface area contributed by atoms with Gasteiger partial charge in [-0.15, -0.1) is 0 Å². The first-order valence-corrected chi connectivity index (χ1v) is 52.2. The summed E-state index contributed by atoms with van der Waals surface area (Å²) < 4.78 is 8.72. The van der Waals surface area contributed by atoms with Crippen LogP contribution in [0.25, 0.3) is 259 Å². The third kappa shape index (κ3) is 16.8. The van der Waals surface area contributed by atoms with Crippen LogP contribution in [0.15, 0.2) is 491 Å². The van der Waals surface area contributed by atoms with Gasteiger partial charge in [-0.3, -0.25) is 0 Å². The van der Waals surface area contributed by atoms with E-state index >= 15 is 0 Å². The van der Waals surface area contributed by atoms with Crippen LogP contribution in [0.3, 0.4) is 0 Å². The minimum absolute atomic E-state index is 0.146. The smallest absolute Gasteiger partial charge is 0.0615 e. The molecule has 0 fully saturated rings. The summed E-state index contributed by atoms with van der Waals surface area (Å²) >= 11 is 0.544. The normalized spacial score (nSPS) is 11.4. The molecule has 6 heterocycles. The SMILES string of the molecule is c1ccc(-c2nc(-c3ccccc3)nc(-c3cc(-c4cccc5c4[se]c4c(-c6ccccc6)cccc45)cc4ccccc34)n2)cc1.c1ccc(-c2nc(-c3ccccc3)nc(-c3ccc4cc(-c5cccc6c5[se]c5c(-c7ccccc7)cccc56)ccc4c3)n2)cc1.c1ccc(-c2nc(-c3ccccc3)nc(-c3cccc4cc(-c5cccc6c5[se]c5c(-c7ccccc7)cccc56)ccc34)n2)cc1. The summed E-state index contributed by atoms with van der Waals surface area (Å²) in [6, 6.07) is 173. The van der Waals surface area contributed by atoms with Gasteiger partial charge in [0.25, 0.3) is 0 Å². The molecular formula is C129H81N9Se3. The molecule has 0 radical (unpaired) electrons. The molecule has 0 aliphatic carbocycles. The summed E-state index contributed by atoms with van der Waals surface area (Å²) in [6.07, 6.45) is 0. The first kappa shape index (κ1) is 85.6. The van der Waals surface area contributed by atoms with Gasteiger partial charge in [-0.1, -0.05) is 97.1 Å². The molecule has 660 valence electrons. The molecule has 0 saturated heterocycles. The Morgan fingerprint density at radius 3 is 0.645 bits per heavy atom. The second-order valence-corrected chi connectivity index (χ2v) is 41.3. The zero-order chi connectivity index (χ0) is 93.5. The van der Waals surface area contributed by atoms with E-state index in [2.05, 4.69) is 334 Å². The van der Waals surface area contributed by atoms with E-state index in [9.17, 15) is 0 Å². The van der Waals surface area contributed by atoms with Gasteiger partial charge in [0, 0.05) is 0 Å². The molecule has 6 aromatic heterocycles. The third-order valence-corrected chi connectivity index (χ3v) is 34.3. The van der Waals surface area contributed by atoms with Crippen LogP contribution in [0.4, 0.5) is 0 Å². The van der Waals surface area contributed by atoms with Gasteiger partial charge in [0.2, 0.25) is 0 Å². The van der Waals surface area contributed by atoms with Crippen molar-refractivity contribution in [3.05, 3.63) is 491 Å². The van der Waals surface area contributed by atoms with Crippen molar-refractivity contribution in [2.45, 2.75) is 0 Å². The van der Waals surface area contributed by atoms with E-state index in [0.717, 1.165) is 77.0 Å². The second-order valence-electron chi connectivity index (χ2n) is 34.9. The summed E-state index contributed by atoms with van der Waals surface area (Å²) in [6.45, 7) is 0. The summed E-state index contributed by atoms with van der Waals surface area (Å²) in [5.41, 5.74) is 24.2. The first-order valence-electron chi connectivity index (χ1n) is 47.1. The minimum Gasteiger partial charge on any atom is -0.0615 e. The van der Waals surface area contributed by atoms with E-state index in [1.165, 1.54) is 130 Å². The fourth-order valence-electron chi connectivity index (χ4n) is 19.3. The van der Waals surface area contributed by atoms with Crippen LogP contribution >= 0.6 is 0 Å². The number of rotatable bonds is 15. The van der Waals surface area contributed by atoms with Crippen LogP contribution in [0.2, 0.25) is 0 Å². The van der Waals surface area contributed by atoms with Crippen LogP contribution in [-0.2, 0) is 0 Å². The van der Waals surface area contributed by atoms with Crippen molar-refractivity contribution < 1.29 is 0 Å². The van der Waals surface area contributed by atoms with Crippen molar-refractivity contribution in [2.75, 3.05) is 0 Å². The third-order valence-electron chi connectivity index (χ3n) is 26.2. The van der Waals surface area contributed by atoms with E-state index in [4.69, 9.17) is 44.9 Å². The van der Waals surface area contributed by atoms with E-state index in [0.29, 0.717) is 52.4 Å². The van der Waals surface area contributed by atoms with Gasteiger partial charge in [0.1, 0.15) is 0 Å². The predicted molar refractivity (Wildman–Crippen MR) is 589 cm³/mol. The van der Waals surface area contributed by atoms with E-state index in [-0.39, 0.29) is 43.5 Å². The molecule has 141 heavy (non-hydrogen) atoms. The van der Waals surface area contributed by atoms with Gasteiger partial charge in [0.05, 0.1) is 0 Å². The summed E-state index contributed by atoms with van der Waals surface area (Å²) in [5, 5.41) is 15.0. The Morgan fingerprint density at radius 2 is 0.312 bits per heavy atom. The zero-order valence-electron chi connectivity index (χ0n) is 76.0. The molecular weight excluding hydrogens is 1910 g/mol. The molecule has 0 atom stereocenters. The number of hydrogen-bond acceptors (Lipinski definition) is 9. The molecule has 0 aliphatic heterocycles. The average molecular weight is 1990 g/mol. The van der Waals surface area contributed by atoms with Crippen LogP contribution in [0, 0.1) is 0 Å². The Balaban J connectivity index is 0.000000111. The van der Waals surface area contributed by atoms with Crippen LogP contribution in [-0.4, -0.2) is 88.4 Å². The molecule has 27 aromatic rings. The number of aromatic nitrogens is 9. The van der Waals surface area contributed by atoms with Crippen molar-refractivity contribution in [3.63, 3.8) is 0 Å². The monoisotopic (exact) mass is 2000 g/mol. The molecule has 9 nitrogen and oxygen atoms in total. The Hall–Kier alpha value is -17.0. The Kier molecular flexibility index (Phi) is 23.0. The van der Waals surface area contributed by atoms with Crippen LogP contribution in [0.1, 0.15) is 0 Å². The maximum absolute atomic E-state index is 5.12. The zero-order valence-corrected chi connectivity index (χ0v) is 81.2. The van der Waals surface area contributed by atoms with E-state index in [1.54, 1.807) is 0 Å². The number of hydrogen-bond donors (Lipinski definition) is 0. The topological polar surface area (TPSA) is 116 Å². The predicted octanol–water partition coefficient (Wildman–Crippen LogP) is 32.2. The Morgan fingerprint density at radius 1 is 0.106 bits per heavy atom. The Bertz CT molecular complexity index is 9210. The number of fused-ring (bicyclic) bond motifs is 12. The minimum atomic E-state index is 0.146. The van der Waals surface area contributed by atoms with Crippen LogP contribution in [0.5, 0.6) is 0 Å². The van der Waals surface area contributed by atoms with Gasteiger partial charge < -0.3 is 0 Å². The summed E-state index contributed by atoms with van der Waals surface area (Å²) in [5.74, 6) is 6.00. The molecule has 12 heteroatoms. The fourth-order valence-corrected chi connectivity index (χ4v) is 28.0. The molecule has 0 bridgehead atoms. The quantitative estimate of drug-likeness (QED) is 0.0925.